The van der Waals surface area contributed by atoms with E-state index in [1.807, 2.05) is 24.3 Å². The molecule has 0 radical (unpaired) electrons. The van der Waals surface area contributed by atoms with Gasteiger partial charge in [0.05, 0.1) is 21.7 Å². The van der Waals surface area contributed by atoms with Crippen LogP contribution in [0.4, 0.5) is 11.4 Å². The molecule has 3 heterocycles. The third-order valence-corrected chi connectivity index (χ3v) is 11.8. The minimum absolute atomic E-state index is 0.0700. The van der Waals surface area contributed by atoms with E-state index < -0.39 is 29.7 Å². The molecule has 0 aromatic heterocycles. The summed E-state index contributed by atoms with van der Waals surface area (Å²) in [5, 5.41) is 18.3. The zero-order chi connectivity index (χ0) is 39.2. The van der Waals surface area contributed by atoms with Gasteiger partial charge in [0.15, 0.2) is 0 Å². The number of piperazine rings is 1. The summed E-state index contributed by atoms with van der Waals surface area (Å²) in [7, 11) is 0. The van der Waals surface area contributed by atoms with Crippen LogP contribution < -0.4 is 25.6 Å². The van der Waals surface area contributed by atoms with Crippen molar-refractivity contribution in [3.8, 4) is 11.8 Å². The fourth-order valence-corrected chi connectivity index (χ4v) is 9.09. The molecule has 1 unspecified atom stereocenters. The Morgan fingerprint density at radius 2 is 1.67 bits per heavy atom. The van der Waals surface area contributed by atoms with Crippen LogP contribution in [0, 0.1) is 22.2 Å². The number of imide groups is 2. The first-order chi connectivity index (χ1) is 26.2. The molecule has 5 amide bonds. The minimum atomic E-state index is -1.01. The first kappa shape index (κ1) is 37.8. The van der Waals surface area contributed by atoms with Crippen molar-refractivity contribution in [2.75, 3.05) is 49.5 Å². The normalized spacial score (nSPS) is 23.0. The molecule has 55 heavy (non-hydrogen) atoms. The highest BCUT2D eigenvalue weighted by molar-refractivity contribution is 6.31. The van der Waals surface area contributed by atoms with E-state index in [0.29, 0.717) is 34.1 Å². The van der Waals surface area contributed by atoms with E-state index in [-0.39, 0.29) is 52.9 Å². The molecular weight excluding hydrogens is 722 g/mol. The number of hydrogen-bond donors (Lipinski definition) is 3. The van der Waals surface area contributed by atoms with Gasteiger partial charge in [-0.2, -0.15) is 5.26 Å². The lowest BCUT2D eigenvalue weighted by atomic mass is 9.49. The van der Waals surface area contributed by atoms with Crippen LogP contribution in [0.1, 0.15) is 77.2 Å². The predicted octanol–water partition coefficient (Wildman–Crippen LogP) is 4.46. The van der Waals surface area contributed by atoms with Crippen LogP contribution in [0.15, 0.2) is 60.7 Å². The maximum atomic E-state index is 13.5. The summed E-state index contributed by atoms with van der Waals surface area (Å²) < 4.78 is 6.36. The number of rotatable bonds is 10. The minimum Gasteiger partial charge on any atom is -0.489 e. The van der Waals surface area contributed by atoms with Crippen molar-refractivity contribution < 1.29 is 28.7 Å². The second kappa shape index (κ2) is 14.7. The van der Waals surface area contributed by atoms with Gasteiger partial charge in [-0.15, -0.1) is 0 Å². The molecule has 13 nitrogen and oxygen atoms in total. The number of nitrogens with one attached hydrogen (secondary N) is 3. The number of anilines is 2. The fraction of sp³-hybridized carbons (Fsp3) is 0.415. The van der Waals surface area contributed by atoms with E-state index in [0.717, 1.165) is 43.3 Å². The molecule has 1 aliphatic carbocycles. The van der Waals surface area contributed by atoms with E-state index >= 15 is 0 Å². The number of nitrogens with zero attached hydrogens (tertiary/aromatic N) is 4. The quantitative estimate of drug-likeness (QED) is 0.251. The molecule has 0 spiro atoms. The first-order valence-corrected chi connectivity index (χ1v) is 18.9. The van der Waals surface area contributed by atoms with Crippen molar-refractivity contribution in [1.29, 1.82) is 5.26 Å². The monoisotopic (exact) mass is 765 g/mol. The third-order valence-electron chi connectivity index (χ3n) is 11.5. The molecule has 14 heteroatoms. The van der Waals surface area contributed by atoms with Crippen molar-refractivity contribution in [2.45, 2.75) is 58.7 Å². The van der Waals surface area contributed by atoms with E-state index in [4.69, 9.17) is 16.3 Å². The number of carbonyl (C=O) groups is 5. The summed E-state index contributed by atoms with van der Waals surface area (Å²) in [4.78, 5) is 69.7. The van der Waals surface area contributed by atoms with Gasteiger partial charge in [0, 0.05) is 85.6 Å². The highest BCUT2D eigenvalue weighted by atomic mass is 35.5. The van der Waals surface area contributed by atoms with Crippen LogP contribution in [-0.4, -0.2) is 96.8 Å². The Hall–Kier alpha value is -5.45. The molecule has 7 rings (SSSR count). The molecule has 3 aromatic carbocycles. The number of amides is 5. The van der Waals surface area contributed by atoms with Crippen LogP contribution in [0.5, 0.6) is 5.75 Å². The number of ether oxygens (including phenoxy) is 1. The Labute approximate surface area is 324 Å². The maximum absolute atomic E-state index is 13.5. The second-order valence-corrected chi connectivity index (χ2v) is 16.2. The van der Waals surface area contributed by atoms with Crippen molar-refractivity contribution >= 4 is 52.5 Å². The van der Waals surface area contributed by atoms with Gasteiger partial charge in [0.2, 0.25) is 11.8 Å². The van der Waals surface area contributed by atoms with Crippen molar-refractivity contribution in [3.63, 3.8) is 0 Å². The summed E-state index contributed by atoms with van der Waals surface area (Å²) in [5.74, 6) is -1.66. The zero-order valence-electron chi connectivity index (χ0n) is 31.3. The van der Waals surface area contributed by atoms with Crippen LogP contribution in [0.2, 0.25) is 5.02 Å². The SMILES string of the molecule is CC1(C)[C@H](NC(=O)c2ccc(N3CCN(CCNc4cccc5c4C(=O)N(C4CCC(=O)NC4=O)C5=O)CC3)cc2)C(C)(C)[C@H]1Oc1ccc(C#N)c(Cl)c1. The van der Waals surface area contributed by atoms with Gasteiger partial charge in [-0.3, -0.25) is 39.1 Å². The van der Waals surface area contributed by atoms with E-state index in [1.165, 1.54) is 0 Å². The summed E-state index contributed by atoms with van der Waals surface area (Å²) in [6, 6.07) is 18.7. The molecule has 3 aromatic rings. The summed E-state index contributed by atoms with van der Waals surface area (Å²) in [6.45, 7) is 12.8. The Kier molecular flexibility index (Phi) is 10.1. The zero-order valence-corrected chi connectivity index (χ0v) is 32.0. The van der Waals surface area contributed by atoms with Gasteiger partial charge in [-0.1, -0.05) is 45.4 Å². The van der Waals surface area contributed by atoms with Gasteiger partial charge in [-0.05, 0) is 55.0 Å². The van der Waals surface area contributed by atoms with E-state index in [2.05, 4.69) is 59.5 Å². The summed E-state index contributed by atoms with van der Waals surface area (Å²) in [6.07, 6.45) is -0.0164. The van der Waals surface area contributed by atoms with E-state index in [1.54, 1.807) is 36.4 Å². The Balaban J connectivity index is 0.887. The summed E-state index contributed by atoms with van der Waals surface area (Å²) >= 11 is 6.24. The lowest BCUT2D eigenvalue weighted by Gasteiger charge is -2.63. The standard InChI is InChI=1S/C41H44ClN7O6/c1-40(2)38(41(3,4)39(40)55-27-13-10-25(23-43)29(42)22-27)46-34(51)24-8-11-26(12-9-24)48-20-18-47(19-21-48)17-16-44-30-7-5-6-28-33(30)37(54)49(36(28)53)31-14-15-32(50)45-35(31)52/h5-13,22,31,38-39,44H,14-21H2,1-4H3,(H,46,51)(H,45,50,52)/t31?,38-,39-. The van der Waals surface area contributed by atoms with Crippen molar-refractivity contribution in [1.82, 2.24) is 20.4 Å². The predicted molar refractivity (Wildman–Crippen MR) is 206 cm³/mol. The van der Waals surface area contributed by atoms with Crippen LogP contribution in [0.25, 0.3) is 0 Å². The van der Waals surface area contributed by atoms with Gasteiger partial charge in [0.1, 0.15) is 24.0 Å². The van der Waals surface area contributed by atoms with Gasteiger partial charge < -0.3 is 20.3 Å². The molecule has 1 atom stereocenters. The van der Waals surface area contributed by atoms with Crippen molar-refractivity contribution in [2.24, 2.45) is 10.8 Å². The maximum Gasteiger partial charge on any atom is 0.264 e. The number of fused-ring (bicyclic) bond motifs is 1. The van der Waals surface area contributed by atoms with Crippen LogP contribution in [0.3, 0.4) is 0 Å². The Bertz CT molecular complexity index is 2090. The lowest BCUT2D eigenvalue weighted by Crippen LogP contribution is -2.74. The second-order valence-electron chi connectivity index (χ2n) is 15.8. The Morgan fingerprint density at radius 1 is 0.964 bits per heavy atom. The number of hydrogen-bond acceptors (Lipinski definition) is 10. The van der Waals surface area contributed by atoms with Gasteiger partial charge in [0.25, 0.3) is 17.7 Å². The first-order valence-electron chi connectivity index (χ1n) is 18.5. The molecule has 3 fully saturated rings. The number of piperidine rings is 1. The number of nitriles is 1. The molecular formula is C41H44ClN7O6. The molecule has 4 aliphatic rings. The fourth-order valence-electron chi connectivity index (χ4n) is 8.87. The topological polar surface area (TPSA) is 164 Å². The number of benzene rings is 3. The van der Waals surface area contributed by atoms with Gasteiger partial charge >= 0.3 is 0 Å². The number of carbonyl (C=O) groups excluding carboxylic acids is 5. The Morgan fingerprint density at radius 3 is 2.33 bits per heavy atom. The molecule has 3 N–H and O–H groups in total. The smallest absolute Gasteiger partial charge is 0.264 e. The average molecular weight is 766 g/mol. The summed E-state index contributed by atoms with van der Waals surface area (Å²) in [5.41, 5.74) is 2.31. The highest BCUT2D eigenvalue weighted by Gasteiger charge is 2.64. The molecule has 2 saturated heterocycles. The van der Waals surface area contributed by atoms with Crippen LogP contribution >= 0.6 is 11.6 Å². The number of halogens is 1. The third kappa shape index (κ3) is 7.00. The molecule has 3 aliphatic heterocycles. The highest BCUT2D eigenvalue weighted by Crippen LogP contribution is 2.55. The lowest BCUT2D eigenvalue weighted by molar-refractivity contribution is -0.164. The van der Waals surface area contributed by atoms with E-state index in [9.17, 15) is 29.2 Å². The molecule has 286 valence electrons. The molecule has 0 bridgehead atoms. The molecule has 1 saturated carbocycles. The van der Waals surface area contributed by atoms with Crippen molar-refractivity contribution in [3.05, 3.63) is 87.9 Å². The van der Waals surface area contributed by atoms with Crippen LogP contribution in [-0.2, 0) is 9.59 Å². The average Bonchev–Trinajstić information content (AvgIpc) is 3.42. The van der Waals surface area contributed by atoms with Gasteiger partial charge in [-0.25, -0.2) is 0 Å². The largest absolute Gasteiger partial charge is 0.489 e.